The van der Waals surface area contributed by atoms with Crippen molar-refractivity contribution in [1.82, 2.24) is 10.2 Å². The summed E-state index contributed by atoms with van der Waals surface area (Å²) in [7, 11) is 0. The molecule has 4 rings (SSSR count). The summed E-state index contributed by atoms with van der Waals surface area (Å²) in [6.45, 7) is 4.70. The molecule has 2 amide bonds. The molecule has 6 nitrogen and oxygen atoms in total. The quantitative estimate of drug-likeness (QED) is 0.658. The molecule has 1 unspecified atom stereocenters. The van der Waals surface area contributed by atoms with E-state index in [1.165, 1.54) is 6.26 Å². The van der Waals surface area contributed by atoms with Gasteiger partial charge in [-0.25, -0.2) is 0 Å². The molecule has 1 aliphatic heterocycles. The van der Waals surface area contributed by atoms with Crippen LogP contribution in [0.4, 0.5) is 0 Å². The van der Waals surface area contributed by atoms with Crippen LogP contribution in [-0.2, 0) is 24.3 Å². The maximum atomic E-state index is 13.1. The van der Waals surface area contributed by atoms with Crippen LogP contribution in [0.15, 0.2) is 71.3 Å². The highest BCUT2D eigenvalue weighted by atomic mass is 16.5. The molecule has 2 aromatic carbocycles. The Hall–Kier alpha value is -3.54. The summed E-state index contributed by atoms with van der Waals surface area (Å²) >= 11 is 0. The van der Waals surface area contributed by atoms with Gasteiger partial charge in [-0.2, -0.15) is 0 Å². The molecule has 0 saturated heterocycles. The molecule has 0 aliphatic carbocycles. The van der Waals surface area contributed by atoms with Crippen molar-refractivity contribution in [2.24, 2.45) is 0 Å². The van der Waals surface area contributed by atoms with Gasteiger partial charge in [-0.1, -0.05) is 36.4 Å². The van der Waals surface area contributed by atoms with Crippen molar-refractivity contribution in [3.05, 3.63) is 89.4 Å². The molecular formula is C25H26N2O4. The normalized spacial score (nSPS) is 15.5. The molecule has 0 fully saturated rings. The molecule has 0 spiro atoms. The molecule has 1 aromatic heterocycles. The van der Waals surface area contributed by atoms with Gasteiger partial charge in [-0.15, -0.1) is 0 Å². The van der Waals surface area contributed by atoms with E-state index in [4.69, 9.17) is 9.15 Å². The summed E-state index contributed by atoms with van der Waals surface area (Å²) < 4.78 is 11.0. The topological polar surface area (TPSA) is 71.8 Å². The molecule has 0 bridgehead atoms. The molecule has 1 atom stereocenters. The van der Waals surface area contributed by atoms with Crippen molar-refractivity contribution >= 4 is 11.8 Å². The fraction of sp³-hybridized carbons (Fsp3) is 0.280. The van der Waals surface area contributed by atoms with E-state index >= 15 is 0 Å². The molecule has 2 heterocycles. The monoisotopic (exact) mass is 418 g/mol. The Labute approximate surface area is 181 Å². The van der Waals surface area contributed by atoms with Gasteiger partial charge in [-0.05, 0) is 54.8 Å². The first kappa shape index (κ1) is 20.7. The molecule has 3 aromatic rings. The molecule has 160 valence electrons. The second-order valence-electron chi connectivity index (χ2n) is 7.93. The number of ether oxygens (including phenoxy) is 1. The fourth-order valence-corrected chi connectivity index (χ4v) is 3.78. The first-order valence-corrected chi connectivity index (χ1v) is 10.5. The predicted molar refractivity (Wildman–Crippen MR) is 117 cm³/mol. The molecule has 0 saturated carbocycles. The van der Waals surface area contributed by atoms with Gasteiger partial charge in [0, 0.05) is 19.5 Å². The van der Waals surface area contributed by atoms with Crippen LogP contribution in [0.1, 0.15) is 41.1 Å². The summed E-state index contributed by atoms with van der Waals surface area (Å²) in [5.41, 5.74) is 3.10. The van der Waals surface area contributed by atoms with Crippen LogP contribution in [0, 0.1) is 0 Å². The van der Waals surface area contributed by atoms with Gasteiger partial charge < -0.3 is 19.4 Å². The van der Waals surface area contributed by atoms with Crippen LogP contribution in [0.2, 0.25) is 0 Å². The van der Waals surface area contributed by atoms with Gasteiger partial charge >= 0.3 is 0 Å². The highest BCUT2D eigenvalue weighted by Crippen LogP contribution is 2.25. The Bertz CT molecular complexity index is 1040. The van der Waals surface area contributed by atoms with E-state index in [2.05, 4.69) is 5.32 Å². The summed E-state index contributed by atoms with van der Waals surface area (Å²) in [6, 6.07) is 18.3. The number of hydrogen-bond acceptors (Lipinski definition) is 4. The van der Waals surface area contributed by atoms with Gasteiger partial charge in [0.1, 0.15) is 11.8 Å². The first-order valence-electron chi connectivity index (χ1n) is 10.5. The second kappa shape index (κ2) is 9.08. The van der Waals surface area contributed by atoms with Crippen LogP contribution in [0.25, 0.3) is 0 Å². The highest BCUT2D eigenvalue weighted by molar-refractivity contribution is 5.96. The molecule has 1 aliphatic rings. The standard InChI is InChI=1S/C25H26N2O4/c1-17(2)31-21-11-9-18(10-12-21)15-26-24(28)22-14-19-6-3-4-7-20(19)16-27(22)25(29)23-8-5-13-30-23/h3-13,17,22H,14-16H2,1-2H3,(H,26,28). The minimum Gasteiger partial charge on any atom is -0.491 e. The maximum Gasteiger partial charge on any atom is 0.290 e. The van der Waals surface area contributed by atoms with Gasteiger partial charge in [0.05, 0.1) is 12.4 Å². The van der Waals surface area contributed by atoms with Crippen molar-refractivity contribution < 1.29 is 18.7 Å². The van der Waals surface area contributed by atoms with Crippen LogP contribution in [0.5, 0.6) is 5.75 Å². The number of carbonyl (C=O) groups is 2. The van der Waals surface area contributed by atoms with E-state index in [1.54, 1.807) is 17.0 Å². The smallest absolute Gasteiger partial charge is 0.290 e. The largest absolute Gasteiger partial charge is 0.491 e. The number of fused-ring (bicyclic) bond motifs is 1. The van der Waals surface area contributed by atoms with Crippen molar-refractivity contribution in [2.45, 2.75) is 45.5 Å². The summed E-state index contributed by atoms with van der Waals surface area (Å²) in [5.74, 6) is 0.564. The zero-order valence-electron chi connectivity index (χ0n) is 17.7. The van der Waals surface area contributed by atoms with Crippen LogP contribution in [-0.4, -0.2) is 28.9 Å². The Morgan fingerprint density at radius 3 is 2.48 bits per heavy atom. The van der Waals surface area contributed by atoms with E-state index in [-0.39, 0.29) is 23.7 Å². The summed E-state index contributed by atoms with van der Waals surface area (Å²) in [4.78, 5) is 27.7. The number of benzene rings is 2. The van der Waals surface area contributed by atoms with Crippen LogP contribution < -0.4 is 10.1 Å². The molecular weight excluding hydrogens is 392 g/mol. The Kier molecular flexibility index (Phi) is 6.07. The van der Waals surface area contributed by atoms with Gasteiger partial charge in [0.25, 0.3) is 5.91 Å². The Morgan fingerprint density at radius 2 is 1.81 bits per heavy atom. The van der Waals surface area contributed by atoms with Crippen molar-refractivity contribution in [3.8, 4) is 5.75 Å². The minimum atomic E-state index is -0.601. The number of amides is 2. The molecule has 6 heteroatoms. The zero-order chi connectivity index (χ0) is 21.8. The Balaban J connectivity index is 1.48. The average molecular weight is 418 g/mol. The van der Waals surface area contributed by atoms with E-state index in [1.807, 2.05) is 62.4 Å². The maximum absolute atomic E-state index is 13.1. The van der Waals surface area contributed by atoms with Gasteiger partial charge in [0.15, 0.2) is 5.76 Å². The van der Waals surface area contributed by atoms with E-state index < -0.39 is 6.04 Å². The predicted octanol–water partition coefficient (Wildman–Crippen LogP) is 3.95. The lowest BCUT2D eigenvalue weighted by molar-refractivity contribution is -0.126. The van der Waals surface area contributed by atoms with Crippen LogP contribution >= 0.6 is 0 Å². The zero-order valence-corrected chi connectivity index (χ0v) is 17.7. The SMILES string of the molecule is CC(C)Oc1ccc(CNC(=O)C2Cc3ccccc3CN2C(=O)c2ccco2)cc1. The highest BCUT2D eigenvalue weighted by Gasteiger charge is 2.35. The lowest BCUT2D eigenvalue weighted by atomic mass is 9.93. The second-order valence-corrected chi connectivity index (χ2v) is 7.93. The van der Waals surface area contributed by atoms with E-state index in [9.17, 15) is 9.59 Å². The fourth-order valence-electron chi connectivity index (χ4n) is 3.78. The van der Waals surface area contributed by atoms with Gasteiger partial charge in [0.2, 0.25) is 5.91 Å². The number of rotatable bonds is 6. The Morgan fingerprint density at radius 1 is 1.06 bits per heavy atom. The average Bonchev–Trinajstić information content (AvgIpc) is 3.31. The number of hydrogen-bond donors (Lipinski definition) is 1. The van der Waals surface area contributed by atoms with E-state index in [0.29, 0.717) is 19.5 Å². The lowest BCUT2D eigenvalue weighted by Crippen LogP contribution is -2.52. The third kappa shape index (κ3) is 4.79. The van der Waals surface area contributed by atoms with Crippen LogP contribution in [0.3, 0.4) is 0 Å². The summed E-state index contributed by atoms with van der Waals surface area (Å²) in [5, 5.41) is 2.99. The van der Waals surface area contributed by atoms with Crippen molar-refractivity contribution in [2.75, 3.05) is 0 Å². The number of carbonyl (C=O) groups excluding carboxylic acids is 2. The summed E-state index contributed by atoms with van der Waals surface area (Å²) in [6.07, 6.45) is 2.04. The van der Waals surface area contributed by atoms with E-state index in [0.717, 1.165) is 22.4 Å². The van der Waals surface area contributed by atoms with Gasteiger partial charge in [-0.3, -0.25) is 9.59 Å². The van der Waals surface area contributed by atoms with Crippen molar-refractivity contribution in [1.29, 1.82) is 0 Å². The third-order valence-corrected chi connectivity index (χ3v) is 5.31. The lowest BCUT2D eigenvalue weighted by Gasteiger charge is -2.35. The third-order valence-electron chi connectivity index (χ3n) is 5.31. The number of furan rings is 1. The molecule has 31 heavy (non-hydrogen) atoms. The van der Waals surface area contributed by atoms with Crippen molar-refractivity contribution in [3.63, 3.8) is 0 Å². The molecule has 1 N–H and O–H groups in total. The number of nitrogens with one attached hydrogen (secondary N) is 1. The first-order chi connectivity index (χ1) is 15.0. The number of nitrogens with zero attached hydrogens (tertiary/aromatic N) is 1. The molecule has 0 radical (unpaired) electrons. The minimum absolute atomic E-state index is 0.109.